The molecule has 0 aliphatic rings. The van der Waals surface area contributed by atoms with Crippen molar-refractivity contribution in [3.63, 3.8) is 0 Å². The number of carbonyl (C=O) groups is 2. The molecule has 0 aliphatic carbocycles. The summed E-state index contributed by atoms with van der Waals surface area (Å²) in [5, 5.41) is 2.74. The number of halogens is 3. The second-order valence-corrected chi connectivity index (χ2v) is 6.75. The van der Waals surface area contributed by atoms with E-state index in [1.54, 1.807) is 12.1 Å². The highest BCUT2D eigenvalue weighted by Crippen LogP contribution is 2.32. The maximum atomic E-state index is 13.3. The number of rotatable bonds is 6. The Hall–Kier alpha value is -3.82. The second-order valence-electron chi connectivity index (χ2n) is 6.75. The Morgan fingerprint density at radius 1 is 1.09 bits per heavy atom. The number of fused-ring (bicyclic) bond motifs is 1. The number of methoxy groups -OCH3 is 2. The van der Waals surface area contributed by atoms with Gasteiger partial charge in [0.1, 0.15) is 17.4 Å². The monoisotopic (exact) mass is 449 g/mol. The summed E-state index contributed by atoms with van der Waals surface area (Å²) in [5.74, 6) is -1.57. The lowest BCUT2D eigenvalue weighted by Gasteiger charge is -2.19. The number of nitrogens with one attached hydrogen (secondary N) is 1. The van der Waals surface area contributed by atoms with Crippen molar-refractivity contribution in [2.45, 2.75) is 18.6 Å². The predicted octanol–water partition coefficient (Wildman–Crippen LogP) is 3.33. The van der Waals surface area contributed by atoms with Gasteiger partial charge < -0.3 is 19.2 Å². The van der Waals surface area contributed by atoms with E-state index in [-0.39, 0.29) is 12.0 Å². The summed E-state index contributed by atoms with van der Waals surface area (Å²) in [6.07, 6.45) is -4.98. The Bertz CT molecular complexity index is 1220. The van der Waals surface area contributed by atoms with Crippen molar-refractivity contribution < 1.29 is 36.7 Å². The number of hydrogen-bond acceptors (Lipinski definition) is 6. The molecule has 1 aromatic heterocycles. The minimum absolute atomic E-state index is 0.184. The first-order valence-electron chi connectivity index (χ1n) is 9.29. The van der Waals surface area contributed by atoms with Gasteiger partial charge in [-0.05, 0) is 29.8 Å². The minimum atomic E-state index is -4.76. The normalized spacial score (nSPS) is 12.3. The van der Waals surface area contributed by atoms with E-state index in [2.05, 4.69) is 5.32 Å². The van der Waals surface area contributed by atoms with Gasteiger partial charge in [-0.1, -0.05) is 12.1 Å². The number of esters is 1. The summed E-state index contributed by atoms with van der Waals surface area (Å²) in [7, 11) is 2.51. The molecule has 0 fully saturated rings. The van der Waals surface area contributed by atoms with Gasteiger partial charge in [-0.3, -0.25) is 4.79 Å². The van der Waals surface area contributed by atoms with E-state index in [1.165, 1.54) is 19.2 Å². The predicted molar refractivity (Wildman–Crippen MR) is 107 cm³/mol. The molecule has 0 unspecified atom stereocenters. The van der Waals surface area contributed by atoms with Crippen LogP contribution in [0.15, 0.2) is 57.7 Å². The summed E-state index contributed by atoms with van der Waals surface area (Å²) in [4.78, 5) is 36.9. The molecule has 0 spiro atoms. The van der Waals surface area contributed by atoms with Gasteiger partial charge in [-0.25, -0.2) is 9.59 Å². The third kappa shape index (κ3) is 4.90. The average molecular weight is 449 g/mol. The molecule has 0 aliphatic heterocycles. The molecule has 1 N–H and O–H groups in total. The van der Waals surface area contributed by atoms with E-state index in [9.17, 15) is 27.6 Å². The molecule has 3 rings (SSSR count). The van der Waals surface area contributed by atoms with E-state index >= 15 is 0 Å². The van der Waals surface area contributed by atoms with Crippen LogP contribution in [-0.4, -0.2) is 32.1 Å². The zero-order valence-electron chi connectivity index (χ0n) is 17.0. The van der Waals surface area contributed by atoms with Crippen molar-refractivity contribution in [3.8, 4) is 5.75 Å². The molecule has 168 valence electrons. The lowest BCUT2D eigenvalue weighted by Crippen LogP contribution is -2.43. The Morgan fingerprint density at radius 2 is 1.81 bits per heavy atom. The zero-order valence-corrected chi connectivity index (χ0v) is 17.0. The summed E-state index contributed by atoms with van der Waals surface area (Å²) in [6, 6.07) is 8.67. The van der Waals surface area contributed by atoms with Gasteiger partial charge in [-0.2, -0.15) is 13.2 Å². The van der Waals surface area contributed by atoms with E-state index in [0.717, 1.165) is 31.4 Å². The Balaban J connectivity index is 1.97. The summed E-state index contributed by atoms with van der Waals surface area (Å²) >= 11 is 0. The molecule has 1 heterocycles. The van der Waals surface area contributed by atoms with Gasteiger partial charge in [0.25, 0.3) is 5.91 Å². The largest absolute Gasteiger partial charge is 0.497 e. The van der Waals surface area contributed by atoms with E-state index in [1.807, 2.05) is 0 Å². The molecule has 3 aromatic rings. The molecule has 7 nitrogen and oxygen atoms in total. The molecular formula is C22H18F3NO6. The van der Waals surface area contributed by atoms with Gasteiger partial charge >= 0.3 is 17.8 Å². The molecule has 10 heteroatoms. The van der Waals surface area contributed by atoms with Gasteiger partial charge in [0.15, 0.2) is 0 Å². The van der Waals surface area contributed by atoms with Gasteiger partial charge in [0.05, 0.1) is 25.3 Å². The summed E-state index contributed by atoms with van der Waals surface area (Å²) in [5.41, 5.74) is -1.98. The quantitative estimate of drug-likeness (QED) is 0.458. The molecule has 2 aromatic carbocycles. The van der Waals surface area contributed by atoms with Crippen molar-refractivity contribution in [3.05, 3.63) is 75.6 Å². The van der Waals surface area contributed by atoms with Crippen molar-refractivity contribution in [2.75, 3.05) is 14.2 Å². The maximum absolute atomic E-state index is 13.3. The van der Waals surface area contributed by atoms with Crippen LogP contribution in [0.4, 0.5) is 13.2 Å². The average Bonchev–Trinajstić information content (AvgIpc) is 2.76. The van der Waals surface area contributed by atoms with Crippen LogP contribution in [0, 0.1) is 0 Å². The SMILES string of the molecule is COC(=O)[C@H](Cc1cc(=O)oc2cc(OC)ccc12)NC(=O)c1ccccc1C(F)(F)F. The molecular weight excluding hydrogens is 431 g/mol. The molecule has 0 saturated heterocycles. The van der Waals surface area contributed by atoms with E-state index < -0.39 is 40.8 Å². The standard InChI is InChI=1S/C22H18F3NO6/c1-30-13-7-8-14-12(10-19(27)32-18(14)11-13)9-17(21(29)31-2)26-20(28)15-5-3-4-6-16(15)22(23,24)25/h3-8,10-11,17H,9H2,1-2H3,(H,26,28)/t17-/m0/s1. The van der Waals surface area contributed by atoms with Crippen LogP contribution < -0.4 is 15.7 Å². The highest BCUT2D eigenvalue weighted by atomic mass is 19.4. The third-order valence-electron chi connectivity index (χ3n) is 4.73. The Kier molecular flexibility index (Phi) is 6.52. The fourth-order valence-electron chi connectivity index (χ4n) is 3.23. The molecule has 0 bridgehead atoms. The van der Waals surface area contributed by atoms with Crippen LogP contribution in [0.3, 0.4) is 0 Å². The van der Waals surface area contributed by atoms with E-state index in [4.69, 9.17) is 13.9 Å². The van der Waals surface area contributed by atoms with Gasteiger partial charge in [-0.15, -0.1) is 0 Å². The fraction of sp³-hybridized carbons (Fsp3) is 0.227. The van der Waals surface area contributed by atoms with Crippen LogP contribution in [0.1, 0.15) is 21.5 Å². The third-order valence-corrected chi connectivity index (χ3v) is 4.73. The summed E-state index contributed by atoms with van der Waals surface area (Å²) in [6.45, 7) is 0. The van der Waals surface area contributed by atoms with Crippen LogP contribution >= 0.6 is 0 Å². The van der Waals surface area contributed by atoms with Crippen LogP contribution in [0.5, 0.6) is 5.75 Å². The van der Waals surface area contributed by atoms with Crippen molar-refractivity contribution in [1.29, 1.82) is 0 Å². The smallest absolute Gasteiger partial charge is 0.417 e. The zero-order chi connectivity index (χ0) is 23.5. The number of carbonyl (C=O) groups excluding carboxylic acids is 2. The first-order chi connectivity index (χ1) is 15.1. The van der Waals surface area contributed by atoms with E-state index in [0.29, 0.717) is 16.7 Å². The minimum Gasteiger partial charge on any atom is -0.497 e. The topological polar surface area (TPSA) is 94.8 Å². The van der Waals surface area contributed by atoms with Crippen molar-refractivity contribution in [1.82, 2.24) is 5.32 Å². The highest BCUT2D eigenvalue weighted by Gasteiger charge is 2.35. The number of benzene rings is 2. The maximum Gasteiger partial charge on any atom is 0.417 e. The Labute approximate surface area is 179 Å². The molecule has 0 saturated carbocycles. The second kappa shape index (κ2) is 9.13. The number of hydrogen-bond donors (Lipinski definition) is 1. The number of amides is 1. The van der Waals surface area contributed by atoms with Crippen molar-refractivity contribution >= 4 is 22.8 Å². The van der Waals surface area contributed by atoms with Crippen LogP contribution in [0.2, 0.25) is 0 Å². The lowest BCUT2D eigenvalue weighted by atomic mass is 10.0. The summed E-state index contributed by atoms with van der Waals surface area (Å²) < 4.78 is 54.8. The van der Waals surface area contributed by atoms with Crippen LogP contribution in [0.25, 0.3) is 11.0 Å². The van der Waals surface area contributed by atoms with Crippen molar-refractivity contribution in [2.24, 2.45) is 0 Å². The highest BCUT2D eigenvalue weighted by molar-refractivity contribution is 5.98. The number of ether oxygens (including phenoxy) is 2. The molecule has 1 atom stereocenters. The molecule has 32 heavy (non-hydrogen) atoms. The van der Waals surface area contributed by atoms with Crippen LogP contribution in [-0.2, 0) is 22.1 Å². The molecule has 1 amide bonds. The molecule has 0 radical (unpaired) electrons. The first-order valence-corrected chi connectivity index (χ1v) is 9.29. The van der Waals surface area contributed by atoms with Gasteiger partial charge in [0.2, 0.25) is 0 Å². The van der Waals surface area contributed by atoms with Gasteiger partial charge in [0, 0.05) is 23.9 Å². The first kappa shape index (κ1) is 22.9. The number of alkyl halides is 3. The lowest BCUT2D eigenvalue weighted by molar-refractivity contribution is -0.142. The fourth-order valence-corrected chi connectivity index (χ4v) is 3.23. The Morgan fingerprint density at radius 3 is 2.47 bits per heavy atom.